The first-order chi connectivity index (χ1) is 9.90. The number of benzene rings is 1. The van der Waals surface area contributed by atoms with Gasteiger partial charge in [0.2, 0.25) is 5.91 Å². The van der Waals surface area contributed by atoms with E-state index in [2.05, 4.69) is 10.6 Å². The van der Waals surface area contributed by atoms with E-state index in [1.807, 2.05) is 0 Å². The van der Waals surface area contributed by atoms with Crippen LogP contribution >= 0.6 is 0 Å². The topological polar surface area (TPSA) is 98.7 Å². The summed E-state index contributed by atoms with van der Waals surface area (Å²) in [6, 6.07) is 4.31. The van der Waals surface area contributed by atoms with Gasteiger partial charge in [-0.05, 0) is 25.5 Å². The number of aryl methyl sites for hydroxylation is 1. The van der Waals surface area contributed by atoms with E-state index in [0.717, 1.165) is 0 Å². The van der Waals surface area contributed by atoms with Gasteiger partial charge >= 0.3 is 12.0 Å². The molecule has 0 saturated carbocycles. The zero-order valence-corrected chi connectivity index (χ0v) is 12.3. The third kappa shape index (κ3) is 4.20. The Labute approximate surface area is 122 Å². The second kappa shape index (κ2) is 7.28. The number of anilines is 1. The molecule has 114 valence electrons. The fourth-order valence-corrected chi connectivity index (χ4v) is 1.83. The second-order valence-electron chi connectivity index (χ2n) is 4.42. The van der Waals surface area contributed by atoms with E-state index in [1.54, 1.807) is 26.0 Å². The van der Waals surface area contributed by atoms with E-state index in [4.69, 9.17) is 0 Å². The molecule has 21 heavy (non-hydrogen) atoms. The molecule has 3 amide bonds. The Morgan fingerprint density at radius 3 is 2.48 bits per heavy atom. The highest BCUT2D eigenvalue weighted by molar-refractivity contribution is 6.01. The van der Waals surface area contributed by atoms with Gasteiger partial charge in [-0.2, -0.15) is 0 Å². The molecule has 0 spiro atoms. The van der Waals surface area contributed by atoms with E-state index in [9.17, 15) is 19.5 Å². The average molecular weight is 293 g/mol. The Morgan fingerprint density at radius 2 is 1.95 bits per heavy atom. The number of carbonyl (C=O) groups is 3. The molecule has 0 unspecified atom stereocenters. The Morgan fingerprint density at radius 1 is 1.29 bits per heavy atom. The predicted octanol–water partition coefficient (Wildman–Crippen LogP) is 1.29. The number of nitrogens with one attached hydrogen (secondary N) is 2. The first-order valence-corrected chi connectivity index (χ1v) is 6.50. The summed E-state index contributed by atoms with van der Waals surface area (Å²) in [5.74, 6) is -1.41. The van der Waals surface area contributed by atoms with Gasteiger partial charge in [-0.3, -0.25) is 4.79 Å². The molecule has 0 saturated heterocycles. The van der Waals surface area contributed by atoms with Crippen LogP contribution in [0.3, 0.4) is 0 Å². The predicted molar refractivity (Wildman–Crippen MR) is 78.5 cm³/mol. The monoisotopic (exact) mass is 293 g/mol. The standard InChI is InChI=1S/C14H19N3O4/c1-4-17(8-11(18)15-3)14(21)16-10-7-5-6-9(2)12(10)13(19)20/h5-7H,4,8H2,1-3H3,(H,15,18)(H,16,21)(H,19,20). The first kappa shape index (κ1) is 16.5. The maximum absolute atomic E-state index is 12.1. The minimum absolute atomic E-state index is 0.0434. The lowest BCUT2D eigenvalue weighted by atomic mass is 10.1. The summed E-state index contributed by atoms with van der Waals surface area (Å²) in [6.45, 7) is 3.62. The van der Waals surface area contributed by atoms with Crippen molar-refractivity contribution in [1.29, 1.82) is 0 Å². The summed E-state index contributed by atoms with van der Waals surface area (Å²) < 4.78 is 0. The van der Waals surface area contributed by atoms with Gasteiger partial charge in [0, 0.05) is 13.6 Å². The fraction of sp³-hybridized carbons (Fsp3) is 0.357. The highest BCUT2D eigenvalue weighted by Gasteiger charge is 2.19. The number of amides is 3. The Balaban J connectivity index is 2.94. The minimum atomic E-state index is -1.11. The number of hydrogen-bond donors (Lipinski definition) is 3. The van der Waals surface area contributed by atoms with Crippen molar-refractivity contribution in [3.63, 3.8) is 0 Å². The van der Waals surface area contributed by atoms with E-state index >= 15 is 0 Å². The number of urea groups is 1. The van der Waals surface area contributed by atoms with Gasteiger partial charge in [0.1, 0.15) is 6.54 Å². The van der Waals surface area contributed by atoms with Crippen LogP contribution in [-0.2, 0) is 4.79 Å². The molecule has 0 aliphatic rings. The van der Waals surface area contributed by atoms with E-state index in [-0.39, 0.29) is 23.7 Å². The summed E-state index contributed by atoms with van der Waals surface area (Å²) >= 11 is 0. The van der Waals surface area contributed by atoms with Crippen LogP contribution in [0.5, 0.6) is 0 Å². The number of carboxylic acid groups (broad SMARTS) is 1. The molecule has 7 nitrogen and oxygen atoms in total. The quantitative estimate of drug-likeness (QED) is 0.762. The fourth-order valence-electron chi connectivity index (χ4n) is 1.83. The van der Waals surface area contributed by atoms with Crippen molar-refractivity contribution >= 4 is 23.6 Å². The number of nitrogens with zero attached hydrogens (tertiary/aromatic N) is 1. The highest BCUT2D eigenvalue weighted by Crippen LogP contribution is 2.19. The van der Waals surface area contributed by atoms with Crippen LogP contribution in [0.1, 0.15) is 22.8 Å². The molecule has 1 aromatic carbocycles. The van der Waals surface area contributed by atoms with Crippen molar-refractivity contribution in [3.8, 4) is 0 Å². The molecule has 1 rings (SSSR count). The molecule has 0 aliphatic carbocycles. The third-order valence-corrected chi connectivity index (χ3v) is 3.01. The SMILES string of the molecule is CCN(CC(=O)NC)C(=O)Nc1cccc(C)c1C(=O)O. The van der Waals surface area contributed by atoms with Crippen molar-refractivity contribution in [2.24, 2.45) is 0 Å². The molecule has 3 N–H and O–H groups in total. The summed E-state index contributed by atoms with van der Waals surface area (Å²) in [5, 5.41) is 14.2. The van der Waals surface area contributed by atoms with Gasteiger partial charge in [0.05, 0.1) is 11.3 Å². The molecule has 0 atom stereocenters. The molecule has 7 heteroatoms. The van der Waals surface area contributed by atoms with Crippen LogP contribution < -0.4 is 10.6 Å². The molecule has 0 aliphatic heterocycles. The van der Waals surface area contributed by atoms with Crippen molar-refractivity contribution in [1.82, 2.24) is 10.2 Å². The first-order valence-electron chi connectivity index (χ1n) is 6.50. The van der Waals surface area contributed by atoms with Gasteiger partial charge in [0.15, 0.2) is 0 Å². The largest absolute Gasteiger partial charge is 0.478 e. The summed E-state index contributed by atoms with van der Waals surface area (Å²) in [4.78, 5) is 36.0. The van der Waals surface area contributed by atoms with Crippen LogP contribution in [0.2, 0.25) is 0 Å². The zero-order chi connectivity index (χ0) is 16.0. The van der Waals surface area contributed by atoms with Crippen molar-refractivity contribution in [2.75, 3.05) is 25.5 Å². The average Bonchev–Trinajstić information content (AvgIpc) is 2.43. The number of carbonyl (C=O) groups excluding carboxylic acids is 2. The third-order valence-electron chi connectivity index (χ3n) is 3.01. The molecule has 0 aromatic heterocycles. The summed E-state index contributed by atoms with van der Waals surface area (Å²) in [5.41, 5.74) is 0.805. The van der Waals surface area contributed by atoms with Crippen LogP contribution in [0, 0.1) is 6.92 Å². The number of carboxylic acids is 1. The lowest BCUT2D eigenvalue weighted by molar-refractivity contribution is -0.121. The maximum atomic E-state index is 12.1. The molecule has 0 heterocycles. The number of hydrogen-bond acceptors (Lipinski definition) is 3. The normalized spacial score (nSPS) is 9.86. The smallest absolute Gasteiger partial charge is 0.338 e. The van der Waals surface area contributed by atoms with Gasteiger partial charge in [-0.15, -0.1) is 0 Å². The lowest BCUT2D eigenvalue weighted by Crippen LogP contribution is -2.41. The van der Waals surface area contributed by atoms with Crippen LogP contribution in [-0.4, -0.2) is 48.1 Å². The van der Waals surface area contributed by atoms with Crippen LogP contribution in [0.4, 0.5) is 10.5 Å². The molecule has 0 radical (unpaired) electrons. The maximum Gasteiger partial charge on any atom is 0.338 e. The minimum Gasteiger partial charge on any atom is -0.478 e. The number of likely N-dealkylation sites (N-methyl/N-ethyl adjacent to an activating group) is 2. The molecular formula is C14H19N3O4. The molecule has 1 aromatic rings. The van der Waals surface area contributed by atoms with E-state index < -0.39 is 12.0 Å². The Hall–Kier alpha value is -2.57. The van der Waals surface area contributed by atoms with E-state index in [1.165, 1.54) is 18.0 Å². The van der Waals surface area contributed by atoms with Gasteiger partial charge in [0.25, 0.3) is 0 Å². The lowest BCUT2D eigenvalue weighted by Gasteiger charge is -2.21. The Bertz CT molecular complexity index is 557. The van der Waals surface area contributed by atoms with Crippen molar-refractivity contribution < 1.29 is 19.5 Å². The van der Waals surface area contributed by atoms with Crippen molar-refractivity contribution in [3.05, 3.63) is 29.3 Å². The Kier molecular flexibility index (Phi) is 5.71. The summed E-state index contributed by atoms with van der Waals surface area (Å²) in [7, 11) is 1.48. The molecule has 0 bridgehead atoms. The number of rotatable bonds is 5. The molecule has 0 fully saturated rings. The van der Waals surface area contributed by atoms with Gasteiger partial charge in [-0.25, -0.2) is 9.59 Å². The van der Waals surface area contributed by atoms with Gasteiger partial charge in [-0.1, -0.05) is 12.1 Å². The second-order valence-corrected chi connectivity index (χ2v) is 4.42. The highest BCUT2D eigenvalue weighted by atomic mass is 16.4. The van der Waals surface area contributed by atoms with Crippen molar-refractivity contribution in [2.45, 2.75) is 13.8 Å². The zero-order valence-electron chi connectivity index (χ0n) is 12.3. The van der Waals surface area contributed by atoms with Crippen LogP contribution in [0.25, 0.3) is 0 Å². The van der Waals surface area contributed by atoms with Gasteiger partial charge < -0.3 is 20.6 Å². The molecular weight excluding hydrogens is 274 g/mol. The number of aromatic carboxylic acids is 1. The summed E-state index contributed by atoms with van der Waals surface area (Å²) in [6.07, 6.45) is 0. The van der Waals surface area contributed by atoms with E-state index in [0.29, 0.717) is 12.1 Å². The van der Waals surface area contributed by atoms with Crippen LogP contribution in [0.15, 0.2) is 18.2 Å².